The summed E-state index contributed by atoms with van der Waals surface area (Å²) in [4.78, 5) is 11.3. The van der Waals surface area contributed by atoms with Crippen LogP contribution in [0.25, 0.3) is 0 Å². The van der Waals surface area contributed by atoms with Gasteiger partial charge in [-0.2, -0.15) is 10.5 Å². The number of nitriles is 2. The molecule has 1 aromatic carbocycles. The van der Waals surface area contributed by atoms with Gasteiger partial charge in [0, 0.05) is 0 Å². The van der Waals surface area contributed by atoms with E-state index in [1.54, 1.807) is 18.2 Å². The molecule has 0 heterocycles. The van der Waals surface area contributed by atoms with Crippen LogP contribution in [0, 0.1) is 22.7 Å². The summed E-state index contributed by atoms with van der Waals surface area (Å²) in [6, 6.07) is 8.97. The van der Waals surface area contributed by atoms with Crippen LogP contribution in [0.3, 0.4) is 0 Å². The molecular formula is C12H10N2O2. The van der Waals surface area contributed by atoms with Crippen LogP contribution in [-0.2, 0) is 17.6 Å². The molecule has 0 radical (unpaired) electrons. The van der Waals surface area contributed by atoms with Crippen LogP contribution in [0.1, 0.15) is 21.5 Å². The summed E-state index contributed by atoms with van der Waals surface area (Å²) in [6.07, 6.45) is 0.423. The molecule has 1 aromatic rings. The molecule has 0 fully saturated rings. The van der Waals surface area contributed by atoms with Gasteiger partial charge in [-0.25, -0.2) is 4.79 Å². The number of benzene rings is 1. The fraction of sp³-hybridized carbons (Fsp3) is 0.250. The molecule has 0 spiro atoms. The first-order chi connectivity index (χ1) is 7.71. The average Bonchev–Trinajstić information content (AvgIpc) is 2.28. The van der Waals surface area contributed by atoms with Crippen molar-refractivity contribution >= 4 is 5.97 Å². The molecule has 16 heavy (non-hydrogen) atoms. The lowest BCUT2D eigenvalue weighted by Gasteiger charge is -2.04. The van der Waals surface area contributed by atoms with E-state index in [1.807, 2.05) is 12.1 Å². The predicted octanol–water partition coefficient (Wildman–Crippen LogP) is 1.61. The smallest absolute Gasteiger partial charge is 0.337 e. The number of esters is 1. The van der Waals surface area contributed by atoms with Crippen molar-refractivity contribution in [3.63, 3.8) is 0 Å². The van der Waals surface area contributed by atoms with Gasteiger partial charge >= 0.3 is 5.97 Å². The normalized spacial score (nSPS) is 8.94. The molecule has 4 heteroatoms. The topological polar surface area (TPSA) is 73.9 Å². The molecule has 0 saturated heterocycles. The maximum Gasteiger partial charge on any atom is 0.337 e. The minimum Gasteiger partial charge on any atom is -0.465 e. The van der Waals surface area contributed by atoms with E-state index in [2.05, 4.69) is 4.74 Å². The first-order valence-corrected chi connectivity index (χ1v) is 4.66. The second-order valence-electron chi connectivity index (χ2n) is 3.20. The van der Waals surface area contributed by atoms with E-state index in [0.29, 0.717) is 5.56 Å². The van der Waals surface area contributed by atoms with Crippen LogP contribution >= 0.6 is 0 Å². The zero-order valence-electron chi connectivity index (χ0n) is 8.86. The van der Waals surface area contributed by atoms with Gasteiger partial charge in [0.25, 0.3) is 0 Å². The maximum absolute atomic E-state index is 11.3. The van der Waals surface area contributed by atoms with E-state index in [9.17, 15) is 4.79 Å². The van der Waals surface area contributed by atoms with Gasteiger partial charge in [0.05, 0.1) is 37.7 Å². The van der Waals surface area contributed by atoms with Crippen LogP contribution in [0.5, 0.6) is 0 Å². The Morgan fingerprint density at radius 3 is 2.06 bits per heavy atom. The van der Waals surface area contributed by atoms with Crippen LogP contribution in [0.2, 0.25) is 0 Å². The van der Waals surface area contributed by atoms with E-state index in [1.165, 1.54) is 7.11 Å². The zero-order chi connectivity index (χ0) is 12.0. The van der Waals surface area contributed by atoms with E-state index in [4.69, 9.17) is 10.5 Å². The second kappa shape index (κ2) is 5.53. The number of nitrogens with zero attached hydrogens (tertiary/aromatic N) is 2. The fourth-order valence-electron chi connectivity index (χ4n) is 1.39. The SMILES string of the molecule is COC(=O)c1cc(CC#N)cc(CC#N)c1. The molecule has 0 unspecified atom stereocenters. The first-order valence-electron chi connectivity index (χ1n) is 4.66. The summed E-state index contributed by atoms with van der Waals surface area (Å²) in [5.41, 5.74) is 1.81. The largest absolute Gasteiger partial charge is 0.465 e. The molecule has 0 N–H and O–H groups in total. The fourth-order valence-corrected chi connectivity index (χ4v) is 1.39. The van der Waals surface area contributed by atoms with E-state index >= 15 is 0 Å². The molecule has 0 atom stereocenters. The van der Waals surface area contributed by atoms with Crippen molar-refractivity contribution < 1.29 is 9.53 Å². The van der Waals surface area contributed by atoms with Gasteiger partial charge in [-0.1, -0.05) is 6.07 Å². The number of hydrogen-bond acceptors (Lipinski definition) is 4. The molecule has 0 saturated carbocycles. The molecule has 0 aliphatic heterocycles. The minimum absolute atomic E-state index is 0.212. The van der Waals surface area contributed by atoms with Gasteiger partial charge in [-0.3, -0.25) is 0 Å². The van der Waals surface area contributed by atoms with Crippen molar-refractivity contribution in [3.05, 3.63) is 34.9 Å². The van der Waals surface area contributed by atoms with Gasteiger partial charge in [0.1, 0.15) is 0 Å². The Morgan fingerprint density at radius 2 is 1.69 bits per heavy atom. The Labute approximate surface area is 93.7 Å². The Morgan fingerprint density at radius 1 is 1.19 bits per heavy atom. The lowest BCUT2D eigenvalue weighted by molar-refractivity contribution is 0.0600. The average molecular weight is 214 g/mol. The maximum atomic E-state index is 11.3. The third-order valence-electron chi connectivity index (χ3n) is 2.04. The van der Waals surface area contributed by atoms with Crippen molar-refractivity contribution in [1.82, 2.24) is 0 Å². The summed E-state index contributed by atoms with van der Waals surface area (Å²) >= 11 is 0. The highest BCUT2D eigenvalue weighted by Crippen LogP contribution is 2.12. The Balaban J connectivity index is 3.14. The highest BCUT2D eigenvalue weighted by atomic mass is 16.5. The van der Waals surface area contributed by atoms with Gasteiger partial charge in [0.15, 0.2) is 0 Å². The molecule has 0 aromatic heterocycles. The van der Waals surface area contributed by atoms with E-state index < -0.39 is 5.97 Å². The van der Waals surface area contributed by atoms with Crippen molar-refractivity contribution in [2.45, 2.75) is 12.8 Å². The Hall–Kier alpha value is -2.33. The van der Waals surface area contributed by atoms with E-state index in [-0.39, 0.29) is 12.8 Å². The lowest BCUT2D eigenvalue weighted by atomic mass is 10.0. The molecule has 4 nitrogen and oxygen atoms in total. The van der Waals surface area contributed by atoms with Crippen LogP contribution < -0.4 is 0 Å². The quantitative estimate of drug-likeness (QED) is 0.716. The summed E-state index contributed by atoms with van der Waals surface area (Å²) in [6.45, 7) is 0. The van der Waals surface area contributed by atoms with Gasteiger partial charge in [-0.15, -0.1) is 0 Å². The third-order valence-corrected chi connectivity index (χ3v) is 2.04. The Bertz CT molecular complexity index is 447. The molecule has 0 bridgehead atoms. The number of carbonyl (C=O) groups is 1. The molecule has 0 amide bonds. The predicted molar refractivity (Wildman–Crippen MR) is 56.4 cm³/mol. The van der Waals surface area contributed by atoms with Gasteiger partial charge < -0.3 is 4.74 Å². The molecule has 1 rings (SSSR count). The molecular weight excluding hydrogens is 204 g/mol. The molecule has 0 aliphatic carbocycles. The Kier molecular flexibility index (Phi) is 4.06. The minimum atomic E-state index is -0.459. The number of hydrogen-bond donors (Lipinski definition) is 0. The van der Waals surface area contributed by atoms with Crippen molar-refractivity contribution in [2.75, 3.05) is 7.11 Å². The first kappa shape index (κ1) is 11.7. The zero-order valence-corrected chi connectivity index (χ0v) is 8.86. The number of methoxy groups -OCH3 is 1. The number of ether oxygens (including phenoxy) is 1. The standard InChI is InChI=1S/C12H10N2O2/c1-16-12(15)11-7-9(2-4-13)6-10(8-11)3-5-14/h6-8H,2-3H2,1H3. The number of carbonyl (C=O) groups excluding carboxylic acids is 1. The third kappa shape index (κ3) is 2.83. The second-order valence-corrected chi connectivity index (χ2v) is 3.20. The number of rotatable bonds is 3. The van der Waals surface area contributed by atoms with E-state index in [0.717, 1.165) is 11.1 Å². The highest BCUT2D eigenvalue weighted by molar-refractivity contribution is 5.89. The monoisotopic (exact) mass is 214 g/mol. The van der Waals surface area contributed by atoms with Crippen LogP contribution in [-0.4, -0.2) is 13.1 Å². The van der Waals surface area contributed by atoms with Crippen molar-refractivity contribution in [3.8, 4) is 12.1 Å². The molecule has 80 valence electrons. The molecule has 0 aliphatic rings. The van der Waals surface area contributed by atoms with Crippen LogP contribution in [0.4, 0.5) is 0 Å². The van der Waals surface area contributed by atoms with Gasteiger partial charge in [-0.05, 0) is 23.3 Å². The van der Waals surface area contributed by atoms with Crippen molar-refractivity contribution in [1.29, 1.82) is 10.5 Å². The summed E-state index contributed by atoms with van der Waals surface area (Å²) < 4.78 is 4.60. The van der Waals surface area contributed by atoms with Crippen LogP contribution in [0.15, 0.2) is 18.2 Å². The summed E-state index contributed by atoms with van der Waals surface area (Å²) in [5, 5.41) is 17.2. The van der Waals surface area contributed by atoms with Crippen molar-refractivity contribution in [2.24, 2.45) is 0 Å². The summed E-state index contributed by atoms with van der Waals surface area (Å²) in [7, 11) is 1.29. The lowest BCUT2D eigenvalue weighted by Crippen LogP contribution is -2.03. The van der Waals surface area contributed by atoms with Gasteiger partial charge in [0.2, 0.25) is 0 Å². The highest BCUT2D eigenvalue weighted by Gasteiger charge is 2.08. The summed E-state index contributed by atoms with van der Waals surface area (Å²) in [5.74, 6) is -0.459.